The van der Waals surface area contributed by atoms with Crippen molar-refractivity contribution in [2.24, 2.45) is 5.92 Å². The van der Waals surface area contributed by atoms with Crippen LogP contribution in [0.25, 0.3) is 0 Å². The normalized spacial score (nSPS) is 15.7. The first-order valence-corrected chi connectivity index (χ1v) is 9.00. The molecule has 0 aromatic carbocycles. The van der Waals surface area contributed by atoms with E-state index in [0.717, 1.165) is 25.7 Å². The smallest absolute Gasteiger partial charge is 0.313 e. The minimum absolute atomic E-state index is 0.00980. The molecule has 1 aliphatic rings. The van der Waals surface area contributed by atoms with Gasteiger partial charge in [-0.05, 0) is 19.3 Å². The second-order valence-electron chi connectivity index (χ2n) is 6.23. The maximum Gasteiger partial charge on any atom is 0.313 e. The van der Waals surface area contributed by atoms with Gasteiger partial charge in [0.25, 0.3) is 0 Å². The Morgan fingerprint density at radius 1 is 0.955 bits per heavy atom. The van der Waals surface area contributed by atoms with Crippen LogP contribution in [0.4, 0.5) is 0 Å². The van der Waals surface area contributed by atoms with E-state index in [0.29, 0.717) is 19.8 Å². The molecule has 0 amide bonds. The highest BCUT2D eigenvalue weighted by Gasteiger charge is 2.23. The number of unbranched alkanes of at least 4 members (excludes halogenated alkanes) is 7. The van der Waals surface area contributed by atoms with E-state index in [1.807, 2.05) is 0 Å². The van der Waals surface area contributed by atoms with Crippen molar-refractivity contribution in [3.8, 4) is 0 Å². The van der Waals surface area contributed by atoms with Gasteiger partial charge in [0.15, 0.2) is 0 Å². The molecular weight excluding hydrogens is 280 g/mol. The predicted octanol–water partition coefficient (Wildman–Crippen LogP) is 4.06. The molecule has 0 aliphatic carbocycles. The number of carbonyl (C=O) groups excluding carboxylic acids is 2. The Morgan fingerprint density at radius 2 is 1.55 bits per heavy atom. The van der Waals surface area contributed by atoms with E-state index < -0.39 is 0 Å². The highest BCUT2D eigenvalue weighted by Crippen LogP contribution is 2.17. The molecule has 0 radical (unpaired) electrons. The molecule has 1 aliphatic heterocycles. The molecular formula is C18H32O4. The number of ether oxygens (including phenoxy) is 2. The molecule has 0 unspecified atom stereocenters. The standard InChI is InChI=1S/C18H32O4/c1-2-3-4-5-6-7-8-9-12-22-18(20)15-17(19)16-10-13-21-14-11-16/h16H,2-15H2,1H3. The van der Waals surface area contributed by atoms with Crippen molar-refractivity contribution in [2.75, 3.05) is 19.8 Å². The Bertz CT molecular complexity index is 308. The quantitative estimate of drug-likeness (QED) is 0.310. The molecule has 1 fully saturated rings. The van der Waals surface area contributed by atoms with Crippen molar-refractivity contribution in [3.63, 3.8) is 0 Å². The zero-order valence-electron chi connectivity index (χ0n) is 14.1. The molecule has 0 bridgehead atoms. The van der Waals surface area contributed by atoms with Gasteiger partial charge in [-0.1, -0.05) is 51.9 Å². The van der Waals surface area contributed by atoms with Gasteiger partial charge in [-0.2, -0.15) is 0 Å². The SMILES string of the molecule is CCCCCCCCCCOC(=O)CC(=O)C1CCOCC1. The van der Waals surface area contributed by atoms with Crippen LogP contribution in [-0.2, 0) is 19.1 Å². The Kier molecular flexibility index (Phi) is 11.0. The van der Waals surface area contributed by atoms with E-state index in [1.54, 1.807) is 0 Å². The van der Waals surface area contributed by atoms with E-state index >= 15 is 0 Å². The Hall–Kier alpha value is -0.900. The molecule has 1 heterocycles. The van der Waals surface area contributed by atoms with Crippen molar-refractivity contribution in [1.82, 2.24) is 0 Å². The Labute approximate surface area is 134 Å². The lowest BCUT2D eigenvalue weighted by atomic mass is 9.94. The first-order chi connectivity index (χ1) is 10.7. The zero-order valence-corrected chi connectivity index (χ0v) is 14.1. The molecule has 0 saturated carbocycles. The van der Waals surface area contributed by atoms with E-state index in [4.69, 9.17) is 9.47 Å². The summed E-state index contributed by atoms with van der Waals surface area (Å²) in [5, 5.41) is 0. The van der Waals surface area contributed by atoms with Crippen molar-refractivity contribution in [1.29, 1.82) is 0 Å². The van der Waals surface area contributed by atoms with Gasteiger partial charge >= 0.3 is 5.97 Å². The van der Waals surface area contributed by atoms with E-state index in [1.165, 1.54) is 38.5 Å². The first-order valence-electron chi connectivity index (χ1n) is 9.00. The first kappa shape index (κ1) is 19.1. The highest BCUT2D eigenvalue weighted by molar-refractivity contribution is 5.96. The van der Waals surface area contributed by atoms with Gasteiger partial charge in [-0.3, -0.25) is 9.59 Å². The Morgan fingerprint density at radius 3 is 2.18 bits per heavy atom. The van der Waals surface area contributed by atoms with Crippen molar-refractivity contribution in [2.45, 2.75) is 77.6 Å². The van der Waals surface area contributed by atoms with Crippen molar-refractivity contribution < 1.29 is 19.1 Å². The maximum absolute atomic E-state index is 11.9. The monoisotopic (exact) mass is 312 g/mol. The topological polar surface area (TPSA) is 52.6 Å². The fourth-order valence-electron chi connectivity index (χ4n) is 2.78. The molecule has 4 nitrogen and oxygen atoms in total. The molecule has 0 aromatic rings. The summed E-state index contributed by atoms with van der Waals surface area (Å²) in [6.07, 6.45) is 11.2. The van der Waals surface area contributed by atoms with Gasteiger partial charge in [0.2, 0.25) is 0 Å². The third-order valence-corrected chi connectivity index (χ3v) is 4.26. The van der Waals surface area contributed by atoms with Gasteiger partial charge in [-0.25, -0.2) is 0 Å². The van der Waals surface area contributed by atoms with Crippen LogP contribution in [0.15, 0.2) is 0 Å². The van der Waals surface area contributed by atoms with Crippen molar-refractivity contribution in [3.05, 3.63) is 0 Å². The summed E-state index contributed by atoms with van der Waals surface area (Å²) in [5.74, 6) is -0.354. The second-order valence-corrected chi connectivity index (χ2v) is 6.23. The molecule has 1 saturated heterocycles. The lowest BCUT2D eigenvalue weighted by Gasteiger charge is -2.20. The number of rotatable bonds is 12. The fourth-order valence-corrected chi connectivity index (χ4v) is 2.78. The number of ketones is 1. The highest BCUT2D eigenvalue weighted by atomic mass is 16.5. The minimum atomic E-state index is -0.362. The summed E-state index contributed by atoms with van der Waals surface area (Å²) in [6.45, 7) is 3.93. The van der Waals surface area contributed by atoms with Crippen LogP contribution in [0.3, 0.4) is 0 Å². The molecule has 0 N–H and O–H groups in total. The van der Waals surface area contributed by atoms with Crippen LogP contribution in [0.1, 0.15) is 77.6 Å². The number of hydrogen-bond acceptors (Lipinski definition) is 4. The summed E-state index contributed by atoms with van der Waals surface area (Å²) in [6, 6.07) is 0. The third-order valence-electron chi connectivity index (χ3n) is 4.26. The van der Waals surface area contributed by atoms with Gasteiger partial charge in [0.1, 0.15) is 12.2 Å². The van der Waals surface area contributed by atoms with Crippen molar-refractivity contribution >= 4 is 11.8 Å². The summed E-state index contributed by atoms with van der Waals surface area (Å²) < 4.78 is 10.4. The molecule has 22 heavy (non-hydrogen) atoms. The summed E-state index contributed by atoms with van der Waals surface area (Å²) >= 11 is 0. The molecule has 1 rings (SSSR count). The lowest BCUT2D eigenvalue weighted by molar-refractivity contribution is -0.147. The average Bonchev–Trinajstić information content (AvgIpc) is 2.54. The van der Waals surface area contributed by atoms with Crippen LogP contribution in [-0.4, -0.2) is 31.6 Å². The fraction of sp³-hybridized carbons (Fsp3) is 0.889. The number of Topliss-reactive ketones (excluding diaryl/α,β-unsaturated/α-hetero) is 1. The van der Waals surface area contributed by atoms with Crippen LogP contribution in [0, 0.1) is 5.92 Å². The molecule has 0 spiro atoms. The molecule has 0 aromatic heterocycles. The summed E-state index contributed by atoms with van der Waals surface area (Å²) in [5.41, 5.74) is 0. The van der Waals surface area contributed by atoms with Crippen LogP contribution in [0.5, 0.6) is 0 Å². The van der Waals surface area contributed by atoms with Gasteiger partial charge < -0.3 is 9.47 Å². The molecule has 128 valence electrons. The van der Waals surface area contributed by atoms with Crippen LogP contribution < -0.4 is 0 Å². The van der Waals surface area contributed by atoms with E-state index in [2.05, 4.69) is 6.92 Å². The van der Waals surface area contributed by atoms with Crippen LogP contribution >= 0.6 is 0 Å². The van der Waals surface area contributed by atoms with Gasteiger partial charge in [0.05, 0.1) is 6.61 Å². The molecule has 0 atom stereocenters. The average molecular weight is 312 g/mol. The maximum atomic E-state index is 11.9. The largest absolute Gasteiger partial charge is 0.465 e. The van der Waals surface area contributed by atoms with Gasteiger partial charge in [-0.15, -0.1) is 0 Å². The third kappa shape index (κ3) is 9.19. The predicted molar refractivity (Wildman–Crippen MR) is 86.7 cm³/mol. The Balaban J connectivity index is 1.93. The number of hydrogen-bond donors (Lipinski definition) is 0. The number of carbonyl (C=O) groups is 2. The van der Waals surface area contributed by atoms with Crippen LogP contribution in [0.2, 0.25) is 0 Å². The van der Waals surface area contributed by atoms with Gasteiger partial charge in [0, 0.05) is 19.1 Å². The zero-order chi connectivity index (χ0) is 16.0. The second kappa shape index (κ2) is 12.6. The summed E-state index contributed by atoms with van der Waals surface area (Å²) in [7, 11) is 0. The van der Waals surface area contributed by atoms with E-state index in [-0.39, 0.29) is 24.1 Å². The van der Waals surface area contributed by atoms with E-state index in [9.17, 15) is 9.59 Å². The summed E-state index contributed by atoms with van der Waals surface area (Å²) in [4.78, 5) is 23.5. The minimum Gasteiger partial charge on any atom is -0.465 e. The number of esters is 1. The lowest BCUT2D eigenvalue weighted by Crippen LogP contribution is -2.25. The molecule has 4 heteroatoms.